The molecule has 0 spiro atoms. The van der Waals surface area contributed by atoms with Crippen LogP contribution in [0.4, 0.5) is 0 Å². The summed E-state index contributed by atoms with van der Waals surface area (Å²) in [4.78, 5) is 20.3. The van der Waals surface area contributed by atoms with Gasteiger partial charge in [0.05, 0.1) is 22.1 Å². The van der Waals surface area contributed by atoms with E-state index in [0.717, 1.165) is 60.7 Å². The molecule has 6 heteroatoms. The third kappa shape index (κ3) is 3.75. The lowest BCUT2D eigenvalue weighted by molar-refractivity contribution is 0.953. The number of fused-ring (bicyclic) bond motifs is 7. The minimum atomic E-state index is 0.566. The van der Waals surface area contributed by atoms with Crippen molar-refractivity contribution in [2.75, 3.05) is 0 Å². The van der Waals surface area contributed by atoms with Crippen LogP contribution < -0.4 is 0 Å². The molecule has 0 aliphatic heterocycles. The Morgan fingerprint density at radius 2 is 1.07 bits per heavy atom. The average Bonchev–Trinajstić information content (AvgIpc) is 3.65. The van der Waals surface area contributed by atoms with E-state index >= 15 is 0 Å². The van der Waals surface area contributed by atoms with Crippen LogP contribution in [0.2, 0.25) is 0 Å². The van der Waals surface area contributed by atoms with Gasteiger partial charge >= 0.3 is 0 Å². The quantitative estimate of drug-likeness (QED) is 0.214. The number of benzene rings is 5. The van der Waals surface area contributed by atoms with Crippen molar-refractivity contribution in [2.24, 2.45) is 0 Å². The molecule has 4 heterocycles. The largest absolute Gasteiger partial charge is 0.299 e. The summed E-state index contributed by atoms with van der Waals surface area (Å²) in [6.45, 7) is 0. The van der Waals surface area contributed by atoms with E-state index in [1.165, 1.54) is 0 Å². The minimum absolute atomic E-state index is 0.566. The highest BCUT2D eigenvalue weighted by Crippen LogP contribution is 2.41. The van der Waals surface area contributed by atoms with Crippen molar-refractivity contribution in [3.8, 4) is 39.9 Å². The molecule has 0 fully saturated rings. The highest BCUT2D eigenvalue weighted by atomic mass is 15.2. The van der Waals surface area contributed by atoms with Gasteiger partial charge in [-0.05, 0) is 29.8 Å². The Hall–Kier alpha value is -6.14. The van der Waals surface area contributed by atoms with E-state index in [9.17, 15) is 0 Å². The zero-order valence-electron chi connectivity index (χ0n) is 23.5. The van der Waals surface area contributed by atoms with Gasteiger partial charge in [-0.15, -0.1) is 0 Å². The number of nitrogens with zero attached hydrogens (tertiary/aromatic N) is 6. The van der Waals surface area contributed by atoms with Crippen LogP contribution in [0.3, 0.4) is 0 Å². The van der Waals surface area contributed by atoms with Gasteiger partial charge in [-0.1, -0.05) is 115 Å². The lowest BCUT2D eigenvalue weighted by Gasteiger charge is -2.12. The van der Waals surface area contributed by atoms with Crippen LogP contribution in [0.25, 0.3) is 78.3 Å². The lowest BCUT2D eigenvalue weighted by atomic mass is 10.0. The van der Waals surface area contributed by atoms with Crippen molar-refractivity contribution >= 4 is 38.5 Å². The van der Waals surface area contributed by atoms with Crippen molar-refractivity contribution in [2.45, 2.75) is 0 Å². The van der Waals surface area contributed by atoms with E-state index in [2.05, 4.69) is 81.9 Å². The van der Waals surface area contributed by atoms with E-state index in [1.807, 2.05) is 72.8 Å². The van der Waals surface area contributed by atoms with Crippen molar-refractivity contribution in [3.63, 3.8) is 0 Å². The normalized spacial score (nSPS) is 11.6. The Kier molecular flexibility index (Phi) is 5.40. The Morgan fingerprint density at radius 1 is 0.477 bits per heavy atom. The molecule has 0 aliphatic rings. The second-order valence-corrected chi connectivity index (χ2v) is 10.8. The Morgan fingerprint density at radius 3 is 1.75 bits per heavy atom. The molecule has 9 aromatic rings. The van der Waals surface area contributed by atoms with Crippen LogP contribution in [-0.2, 0) is 0 Å². The summed E-state index contributed by atoms with van der Waals surface area (Å²) in [6, 6.07) is 47.5. The van der Waals surface area contributed by atoms with Crippen molar-refractivity contribution < 1.29 is 0 Å². The monoisotopic (exact) mass is 564 g/mol. The fourth-order valence-corrected chi connectivity index (χ4v) is 6.22. The first-order chi connectivity index (χ1) is 21.8. The molecule has 0 atom stereocenters. The summed E-state index contributed by atoms with van der Waals surface area (Å²) in [6.07, 6.45) is 2.09. The van der Waals surface area contributed by atoms with Gasteiger partial charge in [-0.3, -0.25) is 8.97 Å². The van der Waals surface area contributed by atoms with E-state index < -0.39 is 0 Å². The molecule has 0 saturated heterocycles. The lowest BCUT2D eigenvalue weighted by Crippen LogP contribution is -2.06. The first-order valence-corrected chi connectivity index (χ1v) is 14.6. The maximum Gasteiger partial charge on any atom is 0.238 e. The van der Waals surface area contributed by atoms with Crippen LogP contribution in [0, 0.1) is 0 Å². The molecule has 0 bridgehead atoms. The predicted molar refractivity (Wildman–Crippen MR) is 177 cm³/mol. The van der Waals surface area contributed by atoms with Gasteiger partial charge in [-0.25, -0.2) is 9.97 Å². The number of imidazole rings is 1. The fourth-order valence-electron chi connectivity index (χ4n) is 6.22. The third-order valence-corrected chi connectivity index (χ3v) is 8.19. The molecule has 0 N–H and O–H groups in total. The zero-order valence-corrected chi connectivity index (χ0v) is 23.5. The van der Waals surface area contributed by atoms with Gasteiger partial charge in [0.2, 0.25) is 5.95 Å². The van der Waals surface area contributed by atoms with Crippen LogP contribution in [0.15, 0.2) is 146 Å². The number of pyridine rings is 1. The summed E-state index contributed by atoms with van der Waals surface area (Å²) in [5, 5.41) is 2.22. The van der Waals surface area contributed by atoms with Crippen molar-refractivity contribution in [3.05, 3.63) is 146 Å². The van der Waals surface area contributed by atoms with Gasteiger partial charge < -0.3 is 0 Å². The number of aromatic nitrogens is 6. The number of para-hydroxylation sites is 1. The van der Waals surface area contributed by atoms with Gasteiger partial charge in [-0.2, -0.15) is 9.97 Å². The Labute approximate surface area is 252 Å². The first-order valence-electron chi connectivity index (χ1n) is 14.6. The zero-order chi connectivity index (χ0) is 29.0. The summed E-state index contributed by atoms with van der Waals surface area (Å²) in [7, 11) is 0. The highest BCUT2D eigenvalue weighted by molar-refractivity contribution is 6.23. The second kappa shape index (κ2) is 9.71. The van der Waals surface area contributed by atoms with E-state index in [1.54, 1.807) is 0 Å². The maximum absolute atomic E-state index is 5.15. The van der Waals surface area contributed by atoms with Crippen LogP contribution in [0.1, 0.15) is 0 Å². The van der Waals surface area contributed by atoms with Crippen molar-refractivity contribution in [1.29, 1.82) is 0 Å². The molecule has 0 unspecified atom stereocenters. The van der Waals surface area contributed by atoms with E-state index in [4.69, 9.17) is 19.9 Å². The molecule has 6 nitrogen and oxygen atoms in total. The van der Waals surface area contributed by atoms with Gasteiger partial charge in [0.25, 0.3) is 0 Å². The molecule has 9 rings (SSSR count). The predicted octanol–water partition coefficient (Wildman–Crippen LogP) is 8.77. The molecule has 5 aromatic carbocycles. The molecule has 44 heavy (non-hydrogen) atoms. The van der Waals surface area contributed by atoms with Gasteiger partial charge in [0, 0.05) is 33.7 Å². The third-order valence-electron chi connectivity index (χ3n) is 8.19. The SMILES string of the molecule is c1ccc(-c2nc(-c3ccccc3)nc(-n3c4ccccc4c4c3cc(-c3ccccc3)c3nc5ccccn5c34)n2)cc1. The van der Waals surface area contributed by atoms with Crippen molar-refractivity contribution in [1.82, 2.24) is 28.9 Å². The molecule has 0 aliphatic carbocycles. The van der Waals surface area contributed by atoms with Crippen LogP contribution in [0.5, 0.6) is 0 Å². The maximum atomic E-state index is 5.15. The Balaban J connectivity index is 1.46. The smallest absolute Gasteiger partial charge is 0.238 e. The molecule has 0 amide bonds. The van der Waals surface area contributed by atoms with Crippen LogP contribution >= 0.6 is 0 Å². The van der Waals surface area contributed by atoms with E-state index in [-0.39, 0.29) is 0 Å². The fraction of sp³-hybridized carbons (Fsp3) is 0. The number of hydrogen-bond acceptors (Lipinski definition) is 4. The second-order valence-electron chi connectivity index (χ2n) is 10.8. The average molecular weight is 565 g/mol. The minimum Gasteiger partial charge on any atom is -0.299 e. The summed E-state index contributed by atoms with van der Waals surface area (Å²) >= 11 is 0. The standard InChI is InChI=1S/C38H24N6/c1-4-14-25(15-5-1)29-24-31-33(35-34(29)39-32-22-12-13-23-43(32)35)28-20-10-11-21-30(28)44(31)38-41-36(26-16-6-2-7-17-26)40-37(42-38)27-18-8-3-9-19-27/h1-24H. The topological polar surface area (TPSA) is 60.9 Å². The summed E-state index contributed by atoms with van der Waals surface area (Å²) in [5.41, 5.74) is 8.98. The molecule has 206 valence electrons. The summed E-state index contributed by atoms with van der Waals surface area (Å²) in [5.74, 6) is 1.81. The molecular weight excluding hydrogens is 540 g/mol. The van der Waals surface area contributed by atoms with Crippen LogP contribution in [-0.4, -0.2) is 28.9 Å². The van der Waals surface area contributed by atoms with E-state index in [0.29, 0.717) is 17.6 Å². The first kappa shape index (κ1) is 24.5. The Bertz CT molecular complexity index is 2420. The van der Waals surface area contributed by atoms with Gasteiger partial charge in [0.15, 0.2) is 11.6 Å². The molecule has 0 saturated carbocycles. The molecular formula is C38H24N6. The molecule has 0 radical (unpaired) electrons. The molecule has 4 aromatic heterocycles. The summed E-state index contributed by atoms with van der Waals surface area (Å²) < 4.78 is 4.37. The van der Waals surface area contributed by atoms with Gasteiger partial charge in [0.1, 0.15) is 5.65 Å². The number of hydrogen-bond donors (Lipinski definition) is 0. The highest BCUT2D eigenvalue weighted by Gasteiger charge is 2.23. The number of rotatable bonds is 4.